The highest BCUT2D eigenvalue weighted by molar-refractivity contribution is 7.45. The molecule has 1 amide bonds. The van der Waals surface area contributed by atoms with E-state index >= 15 is 0 Å². The number of allylic oxidation sites excluding steroid dienone is 3. The Morgan fingerprint density at radius 1 is 0.906 bits per heavy atom. The third kappa shape index (κ3) is 25.2. The van der Waals surface area contributed by atoms with Gasteiger partial charge in [-0.15, -0.1) is 0 Å². The van der Waals surface area contributed by atoms with Crippen molar-refractivity contribution >= 4 is 19.5 Å². The van der Waals surface area contributed by atoms with Crippen molar-refractivity contribution < 1.29 is 47.9 Å². The van der Waals surface area contributed by atoms with E-state index in [0.717, 1.165) is 38.5 Å². The van der Waals surface area contributed by atoms with Crippen molar-refractivity contribution in [2.45, 2.75) is 160 Å². The maximum atomic E-state index is 12.9. The zero-order valence-electron chi connectivity index (χ0n) is 33.7. The van der Waals surface area contributed by atoms with Gasteiger partial charge in [-0.2, -0.15) is 0 Å². The molecule has 1 aliphatic carbocycles. The molecule has 0 aromatic rings. The van der Waals surface area contributed by atoms with Crippen molar-refractivity contribution in [2.75, 3.05) is 40.9 Å². The molecule has 1 aliphatic rings. The van der Waals surface area contributed by atoms with Gasteiger partial charge in [0, 0.05) is 24.7 Å². The Hall–Kier alpha value is -1.69. The van der Waals surface area contributed by atoms with Crippen molar-refractivity contribution in [1.82, 2.24) is 5.32 Å². The van der Waals surface area contributed by atoms with Crippen molar-refractivity contribution in [2.24, 2.45) is 11.8 Å². The zero-order chi connectivity index (χ0) is 39.5. The van der Waals surface area contributed by atoms with Gasteiger partial charge >= 0.3 is 0 Å². The lowest BCUT2D eigenvalue weighted by Gasteiger charge is -2.29. The van der Waals surface area contributed by atoms with Crippen LogP contribution in [0.5, 0.6) is 0 Å². The number of nitrogens with one attached hydrogen (secondary N) is 1. The Labute approximate surface area is 321 Å². The van der Waals surface area contributed by atoms with Crippen LogP contribution in [0.15, 0.2) is 36.5 Å². The SMILES string of the molecule is CCCCCCCCCCC/C=C/[C@@H](O)[C@H](COP(=O)([O-])OCC[N+](C)(C)C)NC(=O)CCC/C=C\C[C@H]1C(=O)C[C@@H](O)[C@@H]1/C=C/[C@@H](O)CCCCC. The zero-order valence-corrected chi connectivity index (χ0v) is 34.6. The molecular weight excluding hydrogens is 695 g/mol. The maximum Gasteiger partial charge on any atom is 0.268 e. The van der Waals surface area contributed by atoms with Gasteiger partial charge in [-0.1, -0.05) is 121 Å². The van der Waals surface area contributed by atoms with E-state index < -0.39 is 38.8 Å². The molecule has 0 saturated heterocycles. The van der Waals surface area contributed by atoms with Crippen LogP contribution in [0.3, 0.4) is 0 Å². The number of carbonyl (C=O) groups excluding carboxylic acids is 2. The molecule has 1 rings (SSSR count). The Morgan fingerprint density at radius 2 is 1.53 bits per heavy atom. The summed E-state index contributed by atoms with van der Waals surface area (Å²) in [6, 6.07) is -0.989. The number of hydrogen-bond donors (Lipinski definition) is 4. The number of aliphatic hydroxyl groups excluding tert-OH is 3. The van der Waals surface area contributed by atoms with Crippen LogP contribution >= 0.6 is 7.82 Å². The fourth-order valence-electron chi connectivity index (χ4n) is 6.31. The molecule has 0 aromatic heterocycles. The molecule has 308 valence electrons. The van der Waals surface area contributed by atoms with Gasteiger partial charge in [0.15, 0.2) is 0 Å². The van der Waals surface area contributed by atoms with Crippen LogP contribution in [0.4, 0.5) is 0 Å². The fourth-order valence-corrected chi connectivity index (χ4v) is 7.03. The minimum Gasteiger partial charge on any atom is -0.756 e. The lowest BCUT2D eigenvalue weighted by atomic mass is 9.90. The van der Waals surface area contributed by atoms with Crippen LogP contribution in [0.25, 0.3) is 0 Å². The van der Waals surface area contributed by atoms with Gasteiger partial charge in [0.1, 0.15) is 18.9 Å². The molecule has 0 aliphatic heterocycles. The maximum absolute atomic E-state index is 12.9. The number of rotatable bonds is 32. The number of unbranched alkanes of at least 4 members (excludes halogenated alkanes) is 12. The van der Waals surface area contributed by atoms with E-state index in [4.69, 9.17) is 9.05 Å². The minimum atomic E-state index is -4.66. The van der Waals surface area contributed by atoms with Crippen molar-refractivity contribution in [1.29, 1.82) is 0 Å². The van der Waals surface area contributed by atoms with Gasteiger partial charge in [0.2, 0.25) is 5.91 Å². The van der Waals surface area contributed by atoms with Gasteiger partial charge in [0.25, 0.3) is 7.82 Å². The lowest BCUT2D eigenvalue weighted by Crippen LogP contribution is -2.45. The summed E-state index contributed by atoms with van der Waals surface area (Å²) in [6.45, 7) is 4.26. The smallest absolute Gasteiger partial charge is 0.268 e. The average Bonchev–Trinajstić information content (AvgIpc) is 3.36. The first-order valence-electron chi connectivity index (χ1n) is 20.5. The van der Waals surface area contributed by atoms with E-state index in [2.05, 4.69) is 19.2 Å². The molecule has 0 bridgehead atoms. The summed E-state index contributed by atoms with van der Waals surface area (Å²) >= 11 is 0. The number of phosphoric acid groups is 1. The highest BCUT2D eigenvalue weighted by Crippen LogP contribution is 2.38. The van der Waals surface area contributed by atoms with E-state index in [0.29, 0.717) is 36.7 Å². The molecule has 0 spiro atoms. The molecule has 4 N–H and O–H groups in total. The number of amides is 1. The largest absolute Gasteiger partial charge is 0.756 e. The van der Waals surface area contributed by atoms with E-state index in [9.17, 15) is 34.4 Å². The van der Waals surface area contributed by atoms with Crippen LogP contribution in [0, 0.1) is 11.8 Å². The number of nitrogens with zero attached hydrogens (tertiary/aromatic N) is 1. The van der Waals surface area contributed by atoms with Crippen LogP contribution in [-0.4, -0.2) is 96.7 Å². The van der Waals surface area contributed by atoms with Gasteiger partial charge in [-0.3, -0.25) is 14.2 Å². The molecule has 0 radical (unpaired) electrons. The Morgan fingerprint density at radius 3 is 2.19 bits per heavy atom. The third-order valence-corrected chi connectivity index (χ3v) is 10.7. The molecule has 7 atom stereocenters. The molecule has 11 nitrogen and oxygen atoms in total. The lowest BCUT2D eigenvalue weighted by molar-refractivity contribution is -0.870. The monoisotopic (exact) mass is 771 g/mol. The van der Waals surface area contributed by atoms with Crippen LogP contribution < -0.4 is 10.2 Å². The van der Waals surface area contributed by atoms with Crippen molar-refractivity contribution in [3.05, 3.63) is 36.5 Å². The molecule has 53 heavy (non-hydrogen) atoms. The molecule has 0 aromatic carbocycles. The first kappa shape index (κ1) is 49.3. The predicted octanol–water partition coefficient (Wildman–Crippen LogP) is 6.70. The Balaban J connectivity index is 2.63. The number of Topliss-reactive ketones (excluding diaryl/α,β-unsaturated/α-hetero) is 1. The predicted molar refractivity (Wildman–Crippen MR) is 211 cm³/mol. The number of phosphoric ester groups is 1. The van der Waals surface area contributed by atoms with E-state index in [1.165, 1.54) is 44.9 Å². The first-order chi connectivity index (χ1) is 25.2. The molecule has 1 unspecified atom stereocenters. The third-order valence-electron chi connectivity index (χ3n) is 9.71. The second-order valence-corrected chi connectivity index (χ2v) is 17.2. The average molecular weight is 771 g/mol. The van der Waals surface area contributed by atoms with Crippen molar-refractivity contribution in [3.63, 3.8) is 0 Å². The summed E-state index contributed by atoms with van der Waals surface area (Å²) < 4.78 is 23.1. The van der Waals surface area contributed by atoms with Crippen LogP contribution in [-0.2, 0) is 23.2 Å². The summed E-state index contributed by atoms with van der Waals surface area (Å²) in [7, 11) is 1.09. The molecule has 0 heterocycles. The molecule has 12 heteroatoms. The number of aliphatic hydroxyl groups is 3. The minimum absolute atomic E-state index is 0.00656. The van der Waals surface area contributed by atoms with Crippen molar-refractivity contribution in [3.8, 4) is 0 Å². The van der Waals surface area contributed by atoms with Gasteiger partial charge in [0.05, 0.1) is 52.1 Å². The van der Waals surface area contributed by atoms with Gasteiger partial charge in [-0.25, -0.2) is 0 Å². The van der Waals surface area contributed by atoms with E-state index in [1.54, 1.807) is 18.2 Å². The van der Waals surface area contributed by atoms with Gasteiger partial charge in [-0.05, 0) is 38.5 Å². The Kier molecular flexibility index (Phi) is 26.7. The number of ketones is 1. The second kappa shape index (κ2) is 28.7. The summed E-state index contributed by atoms with van der Waals surface area (Å²) in [5.74, 6) is -1.03. The van der Waals surface area contributed by atoms with Crippen LogP contribution in [0.2, 0.25) is 0 Å². The second-order valence-electron chi connectivity index (χ2n) is 15.8. The highest BCUT2D eigenvalue weighted by atomic mass is 31.2. The standard InChI is InChI=1S/C41H75N2O9P/c1-6-8-10-11-12-13-14-15-16-17-22-26-38(45)37(33-52-53(49,50)51-31-30-43(3,4)5)42-41(48)27-23-19-18-21-25-35-36(40(47)32-39(35)46)29-28-34(44)24-20-9-7-2/h18,21-22,26,28-29,34-38,40,44-45,47H,6-17,19-20,23-25,27,30-33H2,1-5H3,(H-,42,48,49,50)/b21-18-,26-22+,29-28+/t34-,35+,36+,37-,38+,40+/m0/s1. The van der Waals surface area contributed by atoms with E-state index in [1.807, 2.05) is 39.4 Å². The highest BCUT2D eigenvalue weighted by Gasteiger charge is 2.39. The molecule has 1 saturated carbocycles. The summed E-state index contributed by atoms with van der Waals surface area (Å²) in [5.41, 5.74) is 0. The normalized spacial score (nSPS) is 21.2. The summed E-state index contributed by atoms with van der Waals surface area (Å²) in [6.07, 6.45) is 25.5. The number of quaternary nitrogens is 1. The van der Waals surface area contributed by atoms with Crippen LogP contribution in [0.1, 0.15) is 136 Å². The Bertz CT molecular complexity index is 1120. The summed E-state index contributed by atoms with van der Waals surface area (Å²) in [4.78, 5) is 37.9. The van der Waals surface area contributed by atoms with E-state index in [-0.39, 0.29) is 43.0 Å². The first-order valence-corrected chi connectivity index (χ1v) is 21.9. The topological polar surface area (TPSA) is 165 Å². The molecular formula is C41H75N2O9P. The molecule has 1 fully saturated rings. The fraction of sp³-hybridized carbons (Fsp3) is 0.805. The number of hydrogen-bond acceptors (Lipinski definition) is 9. The quantitative estimate of drug-likeness (QED) is 0.0252. The van der Waals surface area contributed by atoms with Gasteiger partial charge < -0.3 is 39.1 Å². The number of likely N-dealkylation sites (N-methyl/N-ethyl adjacent to an activating group) is 1. The summed E-state index contributed by atoms with van der Waals surface area (Å²) in [5, 5.41) is 34.4. The number of carbonyl (C=O) groups is 2.